The first-order valence-electron chi connectivity index (χ1n) is 8.39. The smallest absolute Gasteiger partial charge is 0.0702 e. The Morgan fingerprint density at radius 3 is 2.62 bits per heavy atom. The summed E-state index contributed by atoms with van der Waals surface area (Å²) in [6.07, 6.45) is 4.31. The summed E-state index contributed by atoms with van der Waals surface area (Å²) in [7, 11) is 0. The van der Waals surface area contributed by atoms with E-state index >= 15 is 0 Å². The van der Waals surface area contributed by atoms with Gasteiger partial charge < -0.3 is 9.64 Å². The van der Waals surface area contributed by atoms with E-state index in [0.29, 0.717) is 6.10 Å². The molecule has 2 aliphatic rings. The molecule has 116 valence electrons. The van der Waals surface area contributed by atoms with Crippen molar-refractivity contribution in [1.29, 1.82) is 0 Å². The molecule has 2 saturated heterocycles. The van der Waals surface area contributed by atoms with Crippen LogP contribution >= 0.6 is 0 Å². The second kappa shape index (κ2) is 6.80. The van der Waals surface area contributed by atoms with Gasteiger partial charge in [0.05, 0.1) is 6.10 Å². The molecule has 0 saturated carbocycles. The number of nitrogens with zero attached hydrogens (tertiary/aromatic N) is 2. The van der Waals surface area contributed by atoms with Gasteiger partial charge in [0, 0.05) is 45.0 Å². The van der Waals surface area contributed by atoms with Crippen molar-refractivity contribution in [3.8, 4) is 0 Å². The highest BCUT2D eigenvalue weighted by Gasteiger charge is 2.22. The van der Waals surface area contributed by atoms with Crippen molar-refractivity contribution in [2.75, 3.05) is 44.2 Å². The van der Waals surface area contributed by atoms with Gasteiger partial charge in [0.25, 0.3) is 0 Å². The van der Waals surface area contributed by atoms with E-state index < -0.39 is 0 Å². The first kappa shape index (κ1) is 14.9. The van der Waals surface area contributed by atoms with Gasteiger partial charge in [0.2, 0.25) is 0 Å². The zero-order valence-corrected chi connectivity index (χ0v) is 13.5. The first-order chi connectivity index (χ1) is 10.2. The predicted octanol–water partition coefficient (Wildman–Crippen LogP) is 2.99. The van der Waals surface area contributed by atoms with E-state index in [1.54, 1.807) is 0 Å². The lowest BCUT2D eigenvalue weighted by Gasteiger charge is -2.38. The van der Waals surface area contributed by atoms with Crippen molar-refractivity contribution in [3.63, 3.8) is 0 Å². The van der Waals surface area contributed by atoms with Gasteiger partial charge >= 0.3 is 0 Å². The third-order valence-corrected chi connectivity index (χ3v) is 5.02. The van der Waals surface area contributed by atoms with Gasteiger partial charge in [0.1, 0.15) is 0 Å². The minimum absolute atomic E-state index is 0.478. The minimum atomic E-state index is 0.478. The Labute approximate surface area is 128 Å². The Bertz CT molecular complexity index is 460. The van der Waals surface area contributed by atoms with Crippen molar-refractivity contribution < 1.29 is 4.74 Å². The number of benzene rings is 1. The van der Waals surface area contributed by atoms with Crippen LogP contribution in [0.1, 0.15) is 30.4 Å². The quantitative estimate of drug-likeness (QED) is 0.850. The first-order valence-corrected chi connectivity index (χ1v) is 8.39. The zero-order valence-electron chi connectivity index (χ0n) is 13.5. The molecular formula is C18H28N2O. The summed E-state index contributed by atoms with van der Waals surface area (Å²) in [5.41, 5.74) is 4.25. The van der Waals surface area contributed by atoms with Gasteiger partial charge in [-0.3, -0.25) is 4.90 Å². The molecule has 0 aliphatic carbocycles. The lowest BCUT2D eigenvalue weighted by atomic mass is 10.1. The lowest BCUT2D eigenvalue weighted by Crippen LogP contribution is -2.49. The maximum atomic E-state index is 5.87. The number of hydrogen-bond acceptors (Lipinski definition) is 3. The molecule has 3 nitrogen and oxygen atoms in total. The Balaban J connectivity index is 1.53. The van der Waals surface area contributed by atoms with E-state index in [4.69, 9.17) is 4.74 Å². The summed E-state index contributed by atoms with van der Waals surface area (Å²) in [6, 6.07) is 6.65. The molecular weight excluding hydrogens is 260 g/mol. The Morgan fingerprint density at radius 1 is 1.10 bits per heavy atom. The number of ether oxygens (including phenoxy) is 1. The molecule has 0 aromatic heterocycles. The van der Waals surface area contributed by atoms with Crippen LogP contribution in [0.4, 0.5) is 5.69 Å². The Morgan fingerprint density at radius 2 is 1.90 bits per heavy atom. The predicted molar refractivity (Wildman–Crippen MR) is 88.2 cm³/mol. The van der Waals surface area contributed by atoms with Crippen molar-refractivity contribution in [2.45, 2.75) is 39.2 Å². The number of hydrogen-bond donors (Lipinski definition) is 0. The molecule has 1 aromatic carbocycles. The molecule has 3 heteroatoms. The van der Waals surface area contributed by atoms with Gasteiger partial charge in [-0.05, 0) is 50.3 Å². The molecule has 0 N–H and O–H groups in total. The van der Waals surface area contributed by atoms with Gasteiger partial charge in [-0.2, -0.15) is 0 Å². The summed E-state index contributed by atoms with van der Waals surface area (Å²) in [5, 5.41) is 0. The van der Waals surface area contributed by atoms with E-state index in [0.717, 1.165) is 39.3 Å². The van der Waals surface area contributed by atoms with Crippen LogP contribution in [-0.2, 0) is 4.74 Å². The molecule has 0 bridgehead atoms. The highest BCUT2D eigenvalue weighted by Crippen LogP contribution is 2.24. The van der Waals surface area contributed by atoms with E-state index in [1.165, 1.54) is 36.1 Å². The number of piperazine rings is 1. The molecule has 1 unspecified atom stereocenters. The standard InChI is InChI=1S/C18H28N2O/c1-15-6-5-8-18(16(15)2)20-11-9-19(10-12-20)14-17-7-3-4-13-21-17/h5-6,8,17H,3-4,7,9-14H2,1-2H3. The second-order valence-corrected chi connectivity index (χ2v) is 6.50. The molecule has 3 rings (SSSR count). The van der Waals surface area contributed by atoms with E-state index in [-0.39, 0.29) is 0 Å². The highest BCUT2D eigenvalue weighted by atomic mass is 16.5. The number of aryl methyl sites for hydroxylation is 1. The van der Waals surface area contributed by atoms with Crippen molar-refractivity contribution in [1.82, 2.24) is 4.90 Å². The fourth-order valence-electron chi connectivity index (χ4n) is 3.49. The van der Waals surface area contributed by atoms with Crippen molar-refractivity contribution >= 4 is 5.69 Å². The SMILES string of the molecule is Cc1cccc(N2CCN(CC3CCCCO3)CC2)c1C. The van der Waals surface area contributed by atoms with E-state index in [1.807, 2.05) is 0 Å². The average molecular weight is 288 g/mol. The van der Waals surface area contributed by atoms with Crippen LogP contribution < -0.4 is 4.90 Å². The van der Waals surface area contributed by atoms with Crippen LogP contribution in [0, 0.1) is 13.8 Å². The molecule has 2 fully saturated rings. The van der Waals surface area contributed by atoms with Crippen molar-refractivity contribution in [2.24, 2.45) is 0 Å². The van der Waals surface area contributed by atoms with Gasteiger partial charge in [-0.1, -0.05) is 12.1 Å². The van der Waals surface area contributed by atoms with Gasteiger partial charge in [-0.15, -0.1) is 0 Å². The molecule has 2 heterocycles. The number of anilines is 1. The average Bonchev–Trinajstić information content (AvgIpc) is 2.52. The molecule has 2 aliphatic heterocycles. The second-order valence-electron chi connectivity index (χ2n) is 6.50. The van der Waals surface area contributed by atoms with Crippen molar-refractivity contribution in [3.05, 3.63) is 29.3 Å². The molecule has 21 heavy (non-hydrogen) atoms. The summed E-state index contributed by atoms with van der Waals surface area (Å²) in [4.78, 5) is 5.12. The fourth-order valence-corrected chi connectivity index (χ4v) is 3.49. The van der Waals surface area contributed by atoms with E-state index in [2.05, 4.69) is 41.8 Å². The third kappa shape index (κ3) is 3.58. The third-order valence-electron chi connectivity index (χ3n) is 5.02. The lowest BCUT2D eigenvalue weighted by molar-refractivity contribution is -0.00645. The summed E-state index contributed by atoms with van der Waals surface area (Å²) in [6.45, 7) is 11.1. The van der Waals surface area contributed by atoms with Crippen LogP contribution in [0.5, 0.6) is 0 Å². The fraction of sp³-hybridized carbons (Fsp3) is 0.667. The molecule has 1 atom stereocenters. The highest BCUT2D eigenvalue weighted by molar-refractivity contribution is 5.56. The maximum absolute atomic E-state index is 5.87. The Kier molecular flexibility index (Phi) is 4.81. The van der Waals surface area contributed by atoms with Crippen LogP contribution in [0.2, 0.25) is 0 Å². The molecule has 0 radical (unpaired) electrons. The monoisotopic (exact) mass is 288 g/mol. The molecule has 0 amide bonds. The largest absolute Gasteiger partial charge is 0.377 e. The van der Waals surface area contributed by atoms with E-state index in [9.17, 15) is 0 Å². The molecule has 1 aromatic rings. The topological polar surface area (TPSA) is 15.7 Å². The number of rotatable bonds is 3. The Hall–Kier alpha value is -1.06. The van der Waals surface area contributed by atoms with Crippen LogP contribution in [0.3, 0.4) is 0 Å². The molecule has 0 spiro atoms. The van der Waals surface area contributed by atoms with Crippen LogP contribution in [-0.4, -0.2) is 50.3 Å². The zero-order chi connectivity index (χ0) is 14.7. The maximum Gasteiger partial charge on any atom is 0.0702 e. The minimum Gasteiger partial charge on any atom is -0.377 e. The van der Waals surface area contributed by atoms with Crippen LogP contribution in [0.25, 0.3) is 0 Å². The normalized spacial score (nSPS) is 24.3. The van der Waals surface area contributed by atoms with Gasteiger partial charge in [0.15, 0.2) is 0 Å². The van der Waals surface area contributed by atoms with Crippen LogP contribution in [0.15, 0.2) is 18.2 Å². The summed E-state index contributed by atoms with van der Waals surface area (Å²) < 4.78 is 5.87. The summed E-state index contributed by atoms with van der Waals surface area (Å²) in [5.74, 6) is 0. The summed E-state index contributed by atoms with van der Waals surface area (Å²) >= 11 is 0. The van der Waals surface area contributed by atoms with Gasteiger partial charge in [-0.25, -0.2) is 0 Å².